The fourth-order valence-electron chi connectivity index (χ4n) is 1.89. The highest BCUT2D eigenvalue weighted by Crippen LogP contribution is 2.42. The van der Waals surface area contributed by atoms with Gasteiger partial charge in [-0.25, -0.2) is 4.79 Å². The van der Waals surface area contributed by atoms with Gasteiger partial charge in [0.05, 0.1) is 17.1 Å². The van der Waals surface area contributed by atoms with Crippen molar-refractivity contribution in [3.05, 3.63) is 31.9 Å². The van der Waals surface area contributed by atoms with E-state index in [0.29, 0.717) is 4.47 Å². The SMILES string of the molecule is CCOC(=O)c1n[nH]nc1-c1cc(Br)c(C)c([N+](=O)[O-])c1O. The molecule has 22 heavy (non-hydrogen) atoms. The number of esters is 1. The zero-order valence-electron chi connectivity index (χ0n) is 11.6. The standard InChI is InChI=1S/C12H11BrN4O5/c1-3-22-12(19)9-8(14-16-15-9)6-4-7(13)5(2)10(11(6)18)17(20)21/h4,18H,3H2,1-2H3,(H,14,15,16). The van der Waals surface area contributed by atoms with Gasteiger partial charge in [0.15, 0.2) is 5.69 Å². The van der Waals surface area contributed by atoms with Crippen molar-refractivity contribution >= 4 is 27.6 Å². The summed E-state index contributed by atoms with van der Waals surface area (Å²) < 4.78 is 5.22. The first-order chi connectivity index (χ1) is 10.4. The summed E-state index contributed by atoms with van der Waals surface area (Å²) in [5.41, 5.74) is -0.405. The molecule has 1 heterocycles. The topological polar surface area (TPSA) is 131 Å². The second kappa shape index (κ2) is 6.10. The number of nitrogens with one attached hydrogen (secondary N) is 1. The molecule has 0 saturated heterocycles. The summed E-state index contributed by atoms with van der Waals surface area (Å²) in [6.45, 7) is 3.25. The number of nitrogens with zero attached hydrogens (tertiary/aromatic N) is 3. The number of phenols is 1. The van der Waals surface area contributed by atoms with Crippen molar-refractivity contribution in [2.45, 2.75) is 13.8 Å². The van der Waals surface area contributed by atoms with Gasteiger partial charge in [0.2, 0.25) is 5.75 Å². The molecule has 0 aliphatic carbocycles. The zero-order valence-corrected chi connectivity index (χ0v) is 13.2. The van der Waals surface area contributed by atoms with Crippen molar-refractivity contribution in [3.8, 4) is 17.0 Å². The number of aromatic amines is 1. The number of rotatable bonds is 4. The van der Waals surface area contributed by atoms with Crippen molar-refractivity contribution in [2.24, 2.45) is 0 Å². The number of aromatic nitrogens is 3. The van der Waals surface area contributed by atoms with Crippen LogP contribution in [0.4, 0.5) is 5.69 Å². The van der Waals surface area contributed by atoms with E-state index in [1.54, 1.807) is 6.92 Å². The average Bonchev–Trinajstić information content (AvgIpc) is 2.92. The maximum absolute atomic E-state index is 11.8. The smallest absolute Gasteiger partial charge is 0.361 e. The Hall–Kier alpha value is -2.49. The summed E-state index contributed by atoms with van der Waals surface area (Å²) in [5, 5.41) is 31.0. The summed E-state index contributed by atoms with van der Waals surface area (Å²) in [7, 11) is 0. The average molecular weight is 371 g/mol. The van der Waals surface area contributed by atoms with Gasteiger partial charge in [-0.15, -0.1) is 5.10 Å². The van der Waals surface area contributed by atoms with E-state index in [9.17, 15) is 20.0 Å². The Morgan fingerprint density at radius 1 is 1.55 bits per heavy atom. The van der Waals surface area contributed by atoms with Crippen molar-refractivity contribution in [1.29, 1.82) is 0 Å². The quantitative estimate of drug-likeness (QED) is 0.479. The minimum Gasteiger partial charge on any atom is -0.502 e. The first-order valence-corrected chi connectivity index (χ1v) is 6.92. The maximum atomic E-state index is 11.8. The number of carbonyl (C=O) groups excluding carboxylic acids is 1. The first-order valence-electron chi connectivity index (χ1n) is 6.13. The van der Waals surface area contributed by atoms with Crippen LogP contribution in [0.2, 0.25) is 0 Å². The van der Waals surface area contributed by atoms with Crippen LogP contribution in [0.5, 0.6) is 5.75 Å². The summed E-state index contributed by atoms with van der Waals surface area (Å²) >= 11 is 3.19. The number of aromatic hydroxyl groups is 1. The van der Waals surface area contributed by atoms with E-state index >= 15 is 0 Å². The van der Waals surface area contributed by atoms with Gasteiger partial charge >= 0.3 is 11.7 Å². The van der Waals surface area contributed by atoms with E-state index in [4.69, 9.17) is 4.74 Å². The van der Waals surface area contributed by atoms with Crippen LogP contribution in [0.3, 0.4) is 0 Å². The van der Waals surface area contributed by atoms with Crippen LogP contribution in [0, 0.1) is 17.0 Å². The van der Waals surface area contributed by atoms with Gasteiger partial charge in [-0.05, 0) is 19.9 Å². The molecule has 2 rings (SSSR count). The normalized spacial score (nSPS) is 10.5. The number of benzene rings is 1. The van der Waals surface area contributed by atoms with E-state index in [0.717, 1.165) is 0 Å². The molecule has 10 heteroatoms. The van der Waals surface area contributed by atoms with E-state index in [1.165, 1.54) is 13.0 Å². The molecule has 1 aromatic carbocycles. The number of phenolic OH excluding ortho intramolecular Hbond substituents is 1. The predicted octanol–water partition coefficient (Wildman–Crippen LogP) is 2.33. The third-order valence-electron chi connectivity index (χ3n) is 2.92. The molecule has 0 amide bonds. The van der Waals surface area contributed by atoms with Crippen molar-refractivity contribution in [3.63, 3.8) is 0 Å². The lowest BCUT2D eigenvalue weighted by molar-refractivity contribution is -0.386. The molecule has 2 N–H and O–H groups in total. The van der Waals surface area contributed by atoms with Crippen molar-refractivity contribution in [1.82, 2.24) is 15.4 Å². The summed E-state index contributed by atoms with van der Waals surface area (Å²) in [6.07, 6.45) is 0. The Morgan fingerprint density at radius 3 is 2.82 bits per heavy atom. The molecule has 0 atom stereocenters. The molecule has 9 nitrogen and oxygen atoms in total. The number of nitro benzene ring substituents is 1. The van der Waals surface area contributed by atoms with E-state index < -0.39 is 22.3 Å². The van der Waals surface area contributed by atoms with Crippen molar-refractivity contribution < 1.29 is 19.6 Å². The zero-order chi connectivity index (χ0) is 16.4. The number of carbonyl (C=O) groups is 1. The molecular weight excluding hydrogens is 360 g/mol. The lowest BCUT2D eigenvalue weighted by Crippen LogP contribution is -2.07. The first kappa shape index (κ1) is 15.9. The number of ether oxygens (including phenoxy) is 1. The van der Waals surface area contributed by atoms with Crippen LogP contribution in [-0.4, -0.2) is 38.0 Å². The van der Waals surface area contributed by atoms with Gasteiger partial charge in [-0.3, -0.25) is 10.1 Å². The van der Waals surface area contributed by atoms with Gasteiger partial charge in [0, 0.05) is 10.0 Å². The highest BCUT2D eigenvalue weighted by molar-refractivity contribution is 9.10. The molecule has 0 radical (unpaired) electrons. The van der Waals surface area contributed by atoms with E-state index in [2.05, 4.69) is 31.3 Å². The van der Waals surface area contributed by atoms with Crippen LogP contribution < -0.4 is 0 Å². The largest absolute Gasteiger partial charge is 0.502 e. The Morgan fingerprint density at radius 2 is 2.23 bits per heavy atom. The Kier molecular flexibility index (Phi) is 4.40. The lowest BCUT2D eigenvalue weighted by atomic mass is 10.0. The lowest BCUT2D eigenvalue weighted by Gasteiger charge is -2.08. The molecule has 2 aromatic rings. The van der Waals surface area contributed by atoms with Crippen LogP contribution in [0.25, 0.3) is 11.3 Å². The third-order valence-corrected chi connectivity index (χ3v) is 3.74. The van der Waals surface area contributed by atoms with Gasteiger partial charge in [0.25, 0.3) is 0 Å². The highest BCUT2D eigenvalue weighted by Gasteiger charge is 2.28. The van der Waals surface area contributed by atoms with Gasteiger partial charge in [0.1, 0.15) is 5.69 Å². The molecule has 0 saturated carbocycles. The van der Waals surface area contributed by atoms with Crippen molar-refractivity contribution in [2.75, 3.05) is 6.61 Å². The Bertz CT molecular complexity index is 758. The summed E-state index contributed by atoms with van der Waals surface area (Å²) in [6, 6.07) is 1.43. The number of halogens is 1. The maximum Gasteiger partial charge on any atom is 0.361 e. The summed E-state index contributed by atoms with van der Waals surface area (Å²) in [5.74, 6) is -1.34. The number of H-pyrrole nitrogens is 1. The van der Waals surface area contributed by atoms with Crippen LogP contribution in [0.15, 0.2) is 10.5 Å². The number of hydrogen-bond acceptors (Lipinski definition) is 7. The molecule has 0 spiro atoms. The molecule has 0 aliphatic rings. The fraction of sp³-hybridized carbons (Fsp3) is 0.250. The van der Waals surface area contributed by atoms with E-state index in [-0.39, 0.29) is 29.1 Å². The Balaban J connectivity index is 2.67. The molecule has 116 valence electrons. The molecule has 1 aromatic heterocycles. The molecule has 0 unspecified atom stereocenters. The molecule has 0 bridgehead atoms. The van der Waals surface area contributed by atoms with Crippen LogP contribution in [-0.2, 0) is 4.74 Å². The second-order valence-electron chi connectivity index (χ2n) is 4.23. The number of nitro groups is 1. The van der Waals surface area contributed by atoms with Gasteiger partial charge in [-0.2, -0.15) is 10.3 Å². The predicted molar refractivity (Wildman–Crippen MR) is 78.5 cm³/mol. The minimum absolute atomic E-state index is 0.000906. The van der Waals surface area contributed by atoms with Crippen LogP contribution in [0.1, 0.15) is 23.0 Å². The fourth-order valence-corrected chi connectivity index (χ4v) is 2.30. The van der Waals surface area contributed by atoms with Crippen LogP contribution >= 0.6 is 15.9 Å². The van der Waals surface area contributed by atoms with Gasteiger partial charge < -0.3 is 9.84 Å². The minimum atomic E-state index is -0.745. The number of hydrogen-bond donors (Lipinski definition) is 2. The van der Waals surface area contributed by atoms with Gasteiger partial charge in [-0.1, -0.05) is 15.9 Å². The molecule has 0 aliphatic heterocycles. The molecule has 0 fully saturated rings. The monoisotopic (exact) mass is 370 g/mol. The molecular formula is C12H11BrN4O5. The second-order valence-corrected chi connectivity index (χ2v) is 5.08. The highest BCUT2D eigenvalue weighted by atomic mass is 79.9. The Labute approximate surface area is 132 Å². The van der Waals surface area contributed by atoms with E-state index in [1.807, 2.05) is 0 Å². The summed E-state index contributed by atoms with van der Waals surface area (Å²) in [4.78, 5) is 22.2. The third kappa shape index (κ3) is 2.64.